The highest BCUT2D eigenvalue weighted by Gasteiger charge is 2.26. The molecule has 7 heteroatoms. The Morgan fingerprint density at radius 2 is 2.12 bits per heavy atom. The molecule has 1 aliphatic rings. The number of hydrogen-bond donors (Lipinski definition) is 1. The van der Waals surface area contributed by atoms with Crippen molar-refractivity contribution in [1.82, 2.24) is 24.7 Å². The second-order valence-corrected chi connectivity index (χ2v) is 6.00. The van der Waals surface area contributed by atoms with Crippen LogP contribution in [0, 0.1) is 0 Å². The van der Waals surface area contributed by atoms with E-state index in [-0.39, 0.29) is 17.8 Å². The minimum Gasteiger partial charge on any atom is -0.353 e. The van der Waals surface area contributed by atoms with Gasteiger partial charge >= 0.3 is 0 Å². The molecule has 3 aromatic heterocycles. The summed E-state index contributed by atoms with van der Waals surface area (Å²) in [5.74, 6) is 0.864. The van der Waals surface area contributed by atoms with Crippen LogP contribution in [0.1, 0.15) is 22.6 Å². The highest BCUT2D eigenvalue weighted by molar-refractivity contribution is 5.90. The highest BCUT2D eigenvalue weighted by Crippen LogP contribution is 2.23. The normalized spacial score (nSPS) is 17.0. The van der Waals surface area contributed by atoms with Crippen molar-refractivity contribution < 1.29 is 4.79 Å². The van der Waals surface area contributed by atoms with E-state index in [1.807, 2.05) is 28.9 Å². The van der Waals surface area contributed by atoms with Gasteiger partial charge in [-0.05, 0) is 18.6 Å². The summed E-state index contributed by atoms with van der Waals surface area (Å²) in [6, 6.07) is 4.09. The number of carbonyl (C=O) groups excluding carboxylic acids is 1. The lowest BCUT2D eigenvalue weighted by Gasteiger charge is -2.18. The van der Waals surface area contributed by atoms with Gasteiger partial charge in [0.15, 0.2) is 5.82 Å². The van der Waals surface area contributed by atoms with Gasteiger partial charge < -0.3 is 14.6 Å². The minimum atomic E-state index is -0.253. The molecule has 4 rings (SSSR count). The molecule has 1 unspecified atom stereocenters. The third kappa shape index (κ3) is 2.96. The van der Waals surface area contributed by atoms with Crippen LogP contribution in [0.25, 0.3) is 11.6 Å². The van der Waals surface area contributed by atoms with Gasteiger partial charge in [-0.2, -0.15) is 0 Å². The minimum absolute atomic E-state index is 0.0483. The fourth-order valence-corrected chi connectivity index (χ4v) is 3.08. The molecular formula is C18H18N6O. The topological polar surface area (TPSA) is 75.4 Å². The molecule has 0 bridgehead atoms. The third-order valence-electron chi connectivity index (χ3n) is 4.37. The van der Waals surface area contributed by atoms with Gasteiger partial charge in [0.2, 0.25) is 5.82 Å². The van der Waals surface area contributed by atoms with E-state index in [1.54, 1.807) is 24.7 Å². The van der Waals surface area contributed by atoms with Crippen LogP contribution in [-0.4, -0.2) is 44.4 Å². The van der Waals surface area contributed by atoms with E-state index in [0.29, 0.717) is 6.54 Å². The lowest BCUT2D eigenvalue weighted by Crippen LogP contribution is -2.38. The van der Waals surface area contributed by atoms with Crippen LogP contribution in [-0.2, 0) is 0 Å². The van der Waals surface area contributed by atoms with Gasteiger partial charge in [-0.15, -0.1) is 0 Å². The van der Waals surface area contributed by atoms with E-state index < -0.39 is 0 Å². The van der Waals surface area contributed by atoms with Gasteiger partial charge in [-0.1, -0.05) is 12.7 Å². The monoisotopic (exact) mass is 334 g/mol. The van der Waals surface area contributed by atoms with Gasteiger partial charge in [0.1, 0.15) is 0 Å². The summed E-state index contributed by atoms with van der Waals surface area (Å²) in [5.41, 5.74) is 1.85. The average molecular weight is 334 g/mol. The molecule has 0 aromatic carbocycles. The fourth-order valence-electron chi connectivity index (χ4n) is 3.08. The Hall–Kier alpha value is -3.22. The number of aromatic nitrogens is 4. The zero-order valence-electron chi connectivity index (χ0n) is 13.7. The van der Waals surface area contributed by atoms with Crippen molar-refractivity contribution >= 4 is 23.3 Å². The number of carbonyl (C=O) groups is 1. The Bertz CT molecular complexity index is 917. The summed E-state index contributed by atoms with van der Waals surface area (Å²) in [5, 5.41) is 3.01. The van der Waals surface area contributed by atoms with Crippen LogP contribution >= 0.6 is 0 Å². The van der Waals surface area contributed by atoms with Crippen LogP contribution in [0.2, 0.25) is 0 Å². The third-order valence-corrected chi connectivity index (χ3v) is 4.37. The first-order valence-corrected chi connectivity index (χ1v) is 8.16. The molecule has 3 aromatic rings. The van der Waals surface area contributed by atoms with Gasteiger partial charge in [0.05, 0.1) is 5.52 Å². The van der Waals surface area contributed by atoms with Gasteiger partial charge in [-0.3, -0.25) is 4.79 Å². The maximum atomic E-state index is 12.3. The van der Waals surface area contributed by atoms with Crippen molar-refractivity contribution in [2.75, 3.05) is 18.0 Å². The summed E-state index contributed by atoms with van der Waals surface area (Å²) < 4.78 is 2.04. The molecule has 25 heavy (non-hydrogen) atoms. The molecule has 1 fully saturated rings. The number of nitrogens with one attached hydrogen (secondary N) is 1. The van der Waals surface area contributed by atoms with Gasteiger partial charge in [-0.25, -0.2) is 15.0 Å². The molecule has 0 radical (unpaired) electrons. The second kappa shape index (κ2) is 6.35. The highest BCUT2D eigenvalue weighted by atomic mass is 16.2. The molecule has 7 nitrogen and oxygen atoms in total. The van der Waals surface area contributed by atoms with E-state index in [0.717, 1.165) is 29.9 Å². The smallest absolute Gasteiger partial charge is 0.289 e. The molecule has 1 atom stereocenters. The molecular weight excluding hydrogens is 316 g/mol. The Balaban J connectivity index is 1.44. The molecule has 4 heterocycles. The van der Waals surface area contributed by atoms with Crippen LogP contribution in [0.3, 0.4) is 0 Å². The average Bonchev–Trinajstić information content (AvgIpc) is 3.30. The number of hydrogen-bond acceptors (Lipinski definition) is 5. The second-order valence-electron chi connectivity index (χ2n) is 6.00. The van der Waals surface area contributed by atoms with Crippen molar-refractivity contribution in [3.05, 3.63) is 61.1 Å². The molecule has 1 amide bonds. The van der Waals surface area contributed by atoms with Crippen molar-refractivity contribution in [3.8, 4) is 0 Å². The zero-order valence-corrected chi connectivity index (χ0v) is 13.7. The van der Waals surface area contributed by atoms with Crippen molar-refractivity contribution in [3.63, 3.8) is 0 Å². The first kappa shape index (κ1) is 15.3. The Kier molecular flexibility index (Phi) is 3.89. The number of amides is 1. The Morgan fingerprint density at radius 1 is 1.28 bits per heavy atom. The molecule has 1 aliphatic heterocycles. The van der Waals surface area contributed by atoms with Crippen LogP contribution in [0.5, 0.6) is 0 Å². The number of rotatable bonds is 4. The van der Waals surface area contributed by atoms with Gasteiger partial charge in [0, 0.05) is 55.7 Å². The SMILES string of the molecule is C=Cc1cnc(C(=O)NC2CCN(c3nccn4cccc34)C2)nc1. The fraction of sp³-hybridized carbons (Fsp3) is 0.222. The van der Waals surface area contributed by atoms with E-state index in [2.05, 4.69) is 31.7 Å². The summed E-state index contributed by atoms with van der Waals surface area (Å²) in [7, 11) is 0. The molecule has 1 N–H and O–H groups in total. The van der Waals surface area contributed by atoms with Crippen LogP contribution in [0.4, 0.5) is 5.82 Å². The van der Waals surface area contributed by atoms with Crippen molar-refractivity contribution in [1.29, 1.82) is 0 Å². The summed E-state index contributed by atoms with van der Waals surface area (Å²) in [6.45, 7) is 5.21. The molecule has 0 saturated carbocycles. The van der Waals surface area contributed by atoms with E-state index in [1.165, 1.54) is 0 Å². The lowest BCUT2D eigenvalue weighted by molar-refractivity contribution is 0.0930. The number of anilines is 1. The lowest BCUT2D eigenvalue weighted by atomic mass is 10.2. The van der Waals surface area contributed by atoms with E-state index in [4.69, 9.17) is 0 Å². The summed E-state index contributed by atoms with van der Waals surface area (Å²) in [4.78, 5) is 27.2. The first-order chi connectivity index (χ1) is 12.2. The van der Waals surface area contributed by atoms with Crippen molar-refractivity contribution in [2.45, 2.75) is 12.5 Å². The first-order valence-electron chi connectivity index (χ1n) is 8.16. The molecule has 0 aliphatic carbocycles. The molecule has 0 spiro atoms. The molecule has 1 saturated heterocycles. The predicted molar refractivity (Wildman–Crippen MR) is 95.4 cm³/mol. The maximum Gasteiger partial charge on any atom is 0.289 e. The van der Waals surface area contributed by atoms with E-state index >= 15 is 0 Å². The maximum absolute atomic E-state index is 12.3. The van der Waals surface area contributed by atoms with Crippen molar-refractivity contribution in [2.24, 2.45) is 0 Å². The molecule has 126 valence electrons. The Labute approximate surface area is 145 Å². The van der Waals surface area contributed by atoms with Gasteiger partial charge in [0.25, 0.3) is 5.91 Å². The standard InChI is InChI=1S/C18H18N6O/c1-2-13-10-20-16(21-11-13)18(25)22-14-5-8-24(12-14)17-15-4-3-7-23(15)9-6-19-17/h2-4,6-7,9-11,14H,1,5,8,12H2,(H,22,25). The number of nitrogens with zero attached hydrogens (tertiary/aromatic N) is 5. The zero-order chi connectivity index (χ0) is 17.2. The van der Waals surface area contributed by atoms with Crippen LogP contribution in [0.15, 0.2) is 49.7 Å². The summed E-state index contributed by atoms with van der Waals surface area (Å²) in [6.07, 6.45) is 11.4. The van der Waals surface area contributed by atoms with E-state index in [9.17, 15) is 4.79 Å². The number of fused-ring (bicyclic) bond motifs is 1. The quantitative estimate of drug-likeness (QED) is 0.787. The Morgan fingerprint density at radius 3 is 2.92 bits per heavy atom. The van der Waals surface area contributed by atoms with Crippen LogP contribution < -0.4 is 10.2 Å². The predicted octanol–water partition coefficient (Wildman–Crippen LogP) is 1.78. The largest absolute Gasteiger partial charge is 0.353 e. The summed E-state index contributed by atoms with van der Waals surface area (Å²) >= 11 is 0.